The fourth-order valence-electron chi connectivity index (χ4n) is 3.45. The maximum Gasteiger partial charge on any atom is 0.0278 e. The molecule has 2 atom stereocenters. The average molecular weight is 272 g/mol. The number of piperazine rings is 1. The second-order valence-electron chi connectivity index (χ2n) is 6.91. The molecule has 1 aliphatic heterocycles. The average Bonchev–Trinajstić information content (AvgIpc) is 3.31. The minimum Gasteiger partial charge on any atom is -0.309 e. The molecule has 0 aromatic heterocycles. The monoisotopic (exact) mass is 272 g/mol. The summed E-state index contributed by atoms with van der Waals surface area (Å²) in [4.78, 5) is 2.77. The third-order valence-corrected chi connectivity index (χ3v) is 5.24. The van der Waals surface area contributed by atoms with Gasteiger partial charge in [0, 0.05) is 31.2 Å². The summed E-state index contributed by atoms with van der Waals surface area (Å²) in [6.45, 7) is 8.29. The van der Waals surface area contributed by atoms with E-state index in [1.165, 1.54) is 50.9 Å². The molecule has 1 heterocycles. The second-order valence-corrected chi connectivity index (χ2v) is 6.91. The van der Waals surface area contributed by atoms with Crippen LogP contribution in [-0.2, 0) is 6.42 Å². The van der Waals surface area contributed by atoms with Gasteiger partial charge in [-0.1, -0.05) is 37.3 Å². The van der Waals surface area contributed by atoms with Crippen molar-refractivity contribution in [3.8, 4) is 0 Å². The van der Waals surface area contributed by atoms with Gasteiger partial charge in [0.15, 0.2) is 0 Å². The third kappa shape index (κ3) is 3.24. The zero-order chi connectivity index (χ0) is 14.0. The molecule has 1 N–H and O–H groups in total. The molecular formula is C18H28N2. The van der Waals surface area contributed by atoms with Gasteiger partial charge in [-0.2, -0.15) is 0 Å². The SMILES string of the molecule is CCC1(C)CN(CCc2ccccc2)C(C2CC2)CN1. The Balaban J connectivity index is 1.63. The van der Waals surface area contributed by atoms with Gasteiger partial charge in [0.1, 0.15) is 0 Å². The van der Waals surface area contributed by atoms with Crippen molar-refractivity contribution in [3.05, 3.63) is 35.9 Å². The van der Waals surface area contributed by atoms with E-state index in [1.54, 1.807) is 0 Å². The largest absolute Gasteiger partial charge is 0.309 e. The van der Waals surface area contributed by atoms with Crippen molar-refractivity contribution in [2.24, 2.45) is 5.92 Å². The zero-order valence-electron chi connectivity index (χ0n) is 12.9. The van der Waals surface area contributed by atoms with E-state index in [2.05, 4.69) is 54.4 Å². The first-order valence-corrected chi connectivity index (χ1v) is 8.23. The minimum absolute atomic E-state index is 0.308. The van der Waals surface area contributed by atoms with Crippen molar-refractivity contribution in [1.82, 2.24) is 10.2 Å². The lowest BCUT2D eigenvalue weighted by atomic mass is 9.92. The summed E-state index contributed by atoms with van der Waals surface area (Å²) in [5, 5.41) is 3.80. The summed E-state index contributed by atoms with van der Waals surface area (Å²) in [6.07, 6.45) is 5.28. The first kappa shape index (κ1) is 14.1. The van der Waals surface area contributed by atoms with Crippen molar-refractivity contribution in [2.75, 3.05) is 19.6 Å². The van der Waals surface area contributed by atoms with Crippen LogP contribution >= 0.6 is 0 Å². The normalized spacial score (nSPS) is 31.4. The fourth-order valence-corrected chi connectivity index (χ4v) is 3.45. The van der Waals surface area contributed by atoms with E-state index in [-0.39, 0.29) is 0 Å². The molecule has 1 aromatic rings. The van der Waals surface area contributed by atoms with Crippen LogP contribution in [0, 0.1) is 5.92 Å². The molecule has 2 fully saturated rings. The summed E-state index contributed by atoms with van der Waals surface area (Å²) < 4.78 is 0. The van der Waals surface area contributed by atoms with Crippen LogP contribution < -0.4 is 5.32 Å². The van der Waals surface area contributed by atoms with E-state index in [9.17, 15) is 0 Å². The van der Waals surface area contributed by atoms with Crippen LogP contribution in [0.3, 0.4) is 0 Å². The molecule has 1 saturated heterocycles. The van der Waals surface area contributed by atoms with Crippen LogP contribution in [0.25, 0.3) is 0 Å². The van der Waals surface area contributed by atoms with Crippen LogP contribution in [0.2, 0.25) is 0 Å². The van der Waals surface area contributed by atoms with Crippen LogP contribution in [0.15, 0.2) is 30.3 Å². The summed E-state index contributed by atoms with van der Waals surface area (Å²) in [5.41, 5.74) is 1.78. The smallest absolute Gasteiger partial charge is 0.0278 e. The number of hydrogen-bond acceptors (Lipinski definition) is 2. The molecule has 3 rings (SSSR count). The first-order chi connectivity index (χ1) is 9.70. The molecule has 0 radical (unpaired) electrons. The molecule has 2 unspecified atom stereocenters. The number of rotatable bonds is 5. The number of nitrogens with zero attached hydrogens (tertiary/aromatic N) is 1. The van der Waals surface area contributed by atoms with Crippen molar-refractivity contribution in [3.63, 3.8) is 0 Å². The lowest BCUT2D eigenvalue weighted by Gasteiger charge is -2.46. The highest BCUT2D eigenvalue weighted by Gasteiger charge is 2.41. The highest BCUT2D eigenvalue weighted by Crippen LogP contribution is 2.37. The fraction of sp³-hybridized carbons (Fsp3) is 0.667. The Bertz CT molecular complexity index is 426. The molecule has 2 aliphatic rings. The summed E-state index contributed by atoms with van der Waals surface area (Å²) in [7, 11) is 0. The van der Waals surface area contributed by atoms with Crippen LogP contribution in [0.4, 0.5) is 0 Å². The Kier molecular flexibility index (Phi) is 4.13. The predicted octanol–water partition coefficient (Wildman–Crippen LogP) is 3.08. The predicted molar refractivity (Wildman–Crippen MR) is 84.9 cm³/mol. The van der Waals surface area contributed by atoms with Gasteiger partial charge in [-0.3, -0.25) is 4.90 Å². The Hall–Kier alpha value is -0.860. The maximum atomic E-state index is 3.80. The molecule has 1 aliphatic carbocycles. The van der Waals surface area contributed by atoms with Crippen LogP contribution in [0.5, 0.6) is 0 Å². The lowest BCUT2D eigenvalue weighted by Crippen LogP contribution is -2.63. The van der Waals surface area contributed by atoms with Gasteiger partial charge < -0.3 is 5.32 Å². The second kappa shape index (κ2) is 5.87. The van der Waals surface area contributed by atoms with Gasteiger partial charge in [0.05, 0.1) is 0 Å². The van der Waals surface area contributed by atoms with E-state index in [4.69, 9.17) is 0 Å². The summed E-state index contributed by atoms with van der Waals surface area (Å²) in [5.74, 6) is 0.958. The minimum atomic E-state index is 0.308. The molecule has 110 valence electrons. The van der Waals surface area contributed by atoms with Crippen molar-refractivity contribution < 1.29 is 0 Å². The van der Waals surface area contributed by atoms with Crippen LogP contribution in [0.1, 0.15) is 38.7 Å². The Morgan fingerprint density at radius 2 is 2.00 bits per heavy atom. The van der Waals surface area contributed by atoms with Crippen molar-refractivity contribution in [1.29, 1.82) is 0 Å². The van der Waals surface area contributed by atoms with Gasteiger partial charge in [0.25, 0.3) is 0 Å². The Morgan fingerprint density at radius 1 is 1.25 bits per heavy atom. The lowest BCUT2D eigenvalue weighted by molar-refractivity contribution is 0.0739. The van der Waals surface area contributed by atoms with Gasteiger partial charge in [-0.05, 0) is 44.1 Å². The highest BCUT2D eigenvalue weighted by molar-refractivity contribution is 5.15. The summed E-state index contributed by atoms with van der Waals surface area (Å²) >= 11 is 0. The molecule has 1 aromatic carbocycles. The maximum absolute atomic E-state index is 3.80. The standard InChI is InChI=1S/C18H28N2/c1-3-18(2)14-20(17(13-19-18)16-9-10-16)12-11-15-7-5-4-6-8-15/h4-8,16-17,19H,3,9-14H2,1-2H3. The van der Waals surface area contributed by atoms with Crippen molar-refractivity contribution in [2.45, 2.75) is 51.1 Å². The molecule has 0 bridgehead atoms. The number of nitrogens with one attached hydrogen (secondary N) is 1. The Labute approximate surface area is 123 Å². The Morgan fingerprint density at radius 3 is 2.65 bits per heavy atom. The van der Waals surface area contributed by atoms with E-state index >= 15 is 0 Å². The molecule has 0 spiro atoms. The molecule has 20 heavy (non-hydrogen) atoms. The molecule has 0 amide bonds. The molecule has 2 nitrogen and oxygen atoms in total. The quantitative estimate of drug-likeness (QED) is 0.886. The van der Waals surface area contributed by atoms with E-state index < -0.39 is 0 Å². The van der Waals surface area contributed by atoms with Gasteiger partial charge in [0.2, 0.25) is 0 Å². The van der Waals surface area contributed by atoms with Crippen LogP contribution in [-0.4, -0.2) is 36.1 Å². The number of hydrogen-bond donors (Lipinski definition) is 1. The van der Waals surface area contributed by atoms with E-state index in [1.807, 2.05) is 0 Å². The van der Waals surface area contributed by atoms with Gasteiger partial charge >= 0.3 is 0 Å². The van der Waals surface area contributed by atoms with Crippen molar-refractivity contribution >= 4 is 0 Å². The van der Waals surface area contributed by atoms with Gasteiger partial charge in [-0.25, -0.2) is 0 Å². The van der Waals surface area contributed by atoms with Gasteiger partial charge in [-0.15, -0.1) is 0 Å². The molecule has 1 saturated carbocycles. The van der Waals surface area contributed by atoms with E-state index in [0.717, 1.165) is 12.0 Å². The first-order valence-electron chi connectivity index (χ1n) is 8.23. The summed E-state index contributed by atoms with van der Waals surface area (Å²) in [6, 6.07) is 11.7. The number of benzene rings is 1. The topological polar surface area (TPSA) is 15.3 Å². The molecular weight excluding hydrogens is 244 g/mol. The highest BCUT2D eigenvalue weighted by atomic mass is 15.3. The van der Waals surface area contributed by atoms with E-state index in [0.29, 0.717) is 5.54 Å². The molecule has 2 heteroatoms. The third-order valence-electron chi connectivity index (χ3n) is 5.24. The zero-order valence-corrected chi connectivity index (χ0v) is 12.9.